The van der Waals surface area contributed by atoms with E-state index in [-0.39, 0.29) is 11.3 Å². The molecule has 64 valence electrons. The molecule has 5 heteroatoms. The second-order valence-corrected chi connectivity index (χ2v) is 2.56. The van der Waals surface area contributed by atoms with Crippen LogP contribution < -0.4 is 16.5 Å². The van der Waals surface area contributed by atoms with Crippen molar-refractivity contribution in [3.8, 4) is 5.75 Å². The maximum absolute atomic E-state index is 10.8. The number of hydrogen-bond donors (Lipinski definition) is 2. The van der Waals surface area contributed by atoms with E-state index >= 15 is 0 Å². The molecule has 0 spiro atoms. The number of carbonyl (C=O) groups excluding carboxylic acids is 1. The van der Waals surface area contributed by atoms with Gasteiger partial charge in [0.05, 0.1) is 5.56 Å². The van der Waals surface area contributed by atoms with E-state index in [0.717, 1.165) is 0 Å². The monoisotopic (exact) mass is 186 g/mol. The molecule has 0 heterocycles. The quantitative estimate of drug-likeness (QED) is 0.667. The van der Waals surface area contributed by atoms with Crippen LogP contribution in [0.3, 0.4) is 0 Å². The van der Waals surface area contributed by atoms with E-state index in [1.54, 1.807) is 6.07 Å². The van der Waals surface area contributed by atoms with E-state index in [1.807, 2.05) is 0 Å². The highest BCUT2D eigenvalue weighted by atomic mass is 35.5. The second kappa shape index (κ2) is 3.42. The zero-order valence-corrected chi connectivity index (χ0v) is 6.84. The molecule has 0 bridgehead atoms. The van der Waals surface area contributed by atoms with Gasteiger partial charge in [0, 0.05) is 5.02 Å². The maximum Gasteiger partial charge on any atom is 0.252 e. The molecule has 12 heavy (non-hydrogen) atoms. The highest BCUT2D eigenvalue weighted by molar-refractivity contribution is 6.31. The van der Waals surface area contributed by atoms with Crippen molar-refractivity contribution in [2.45, 2.75) is 0 Å². The van der Waals surface area contributed by atoms with Crippen LogP contribution in [0.15, 0.2) is 18.2 Å². The van der Waals surface area contributed by atoms with Crippen LogP contribution in [0.25, 0.3) is 0 Å². The van der Waals surface area contributed by atoms with Crippen molar-refractivity contribution in [1.29, 1.82) is 0 Å². The first kappa shape index (κ1) is 8.83. The number of amides is 1. The van der Waals surface area contributed by atoms with Crippen LogP contribution in [-0.2, 0) is 0 Å². The number of nitrogens with two attached hydrogens (primary N) is 2. The second-order valence-electron chi connectivity index (χ2n) is 2.12. The van der Waals surface area contributed by atoms with Crippen LogP contribution in [0.2, 0.25) is 5.02 Å². The largest absolute Gasteiger partial charge is 0.411 e. The van der Waals surface area contributed by atoms with Crippen molar-refractivity contribution in [3.63, 3.8) is 0 Å². The van der Waals surface area contributed by atoms with E-state index in [9.17, 15) is 4.79 Å². The fourth-order valence-electron chi connectivity index (χ4n) is 0.798. The number of rotatable bonds is 2. The Bertz CT molecular complexity index is 314. The van der Waals surface area contributed by atoms with E-state index in [0.29, 0.717) is 5.02 Å². The lowest BCUT2D eigenvalue weighted by molar-refractivity contribution is 0.0996. The van der Waals surface area contributed by atoms with Gasteiger partial charge in [0.25, 0.3) is 5.91 Å². The predicted octanol–water partition coefficient (Wildman–Crippen LogP) is 0.691. The van der Waals surface area contributed by atoms with Crippen molar-refractivity contribution in [1.82, 2.24) is 0 Å². The van der Waals surface area contributed by atoms with Crippen LogP contribution in [0.5, 0.6) is 5.75 Å². The smallest absolute Gasteiger partial charge is 0.252 e. The molecule has 1 amide bonds. The van der Waals surface area contributed by atoms with E-state index in [1.165, 1.54) is 12.1 Å². The van der Waals surface area contributed by atoms with Gasteiger partial charge in [0.2, 0.25) is 0 Å². The average molecular weight is 187 g/mol. The van der Waals surface area contributed by atoms with Crippen LogP contribution in [0.4, 0.5) is 0 Å². The van der Waals surface area contributed by atoms with Gasteiger partial charge in [0.1, 0.15) is 0 Å². The molecule has 0 fully saturated rings. The number of hydrogen-bond acceptors (Lipinski definition) is 3. The topological polar surface area (TPSA) is 78.3 Å². The van der Waals surface area contributed by atoms with Crippen LogP contribution >= 0.6 is 11.6 Å². The Kier molecular flexibility index (Phi) is 2.52. The fourth-order valence-corrected chi connectivity index (χ4v) is 0.970. The van der Waals surface area contributed by atoms with Crippen molar-refractivity contribution in [2.24, 2.45) is 11.6 Å². The maximum atomic E-state index is 10.8. The standard InChI is InChI=1S/C7H7ClN2O2/c8-4-1-2-6(12-10)5(3-4)7(9)11/h1-3H,10H2,(H2,9,11). The number of halogens is 1. The third-order valence-electron chi connectivity index (χ3n) is 1.33. The van der Waals surface area contributed by atoms with Gasteiger partial charge in [-0.1, -0.05) is 11.6 Å². The molecule has 0 saturated carbocycles. The molecular formula is C7H7ClN2O2. The molecule has 4 nitrogen and oxygen atoms in total. The van der Waals surface area contributed by atoms with E-state index in [4.69, 9.17) is 23.2 Å². The Balaban J connectivity index is 3.21. The summed E-state index contributed by atoms with van der Waals surface area (Å²) in [5, 5.41) is 0.407. The minimum absolute atomic E-state index is 0.171. The molecule has 0 unspecified atom stereocenters. The highest BCUT2D eigenvalue weighted by Crippen LogP contribution is 2.21. The van der Waals surface area contributed by atoms with E-state index < -0.39 is 5.91 Å². The number of benzene rings is 1. The van der Waals surface area contributed by atoms with Gasteiger partial charge in [-0.3, -0.25) is 4.79 Å². The highest BCUT2D eigenvalue weighted by Gasteiger charge is 2.08. The minimum Gasteiger partial charge on any atom is -0.411 e. The van der Waals surface area contributed by atoms with E-state index in [2.05, 4.69) is 4.84 Å². The molecule has 0 atom stereocenters. The van der Waals surface area contributed by atoms with Crippen molar-refractivity contribution in [2.75, 3.05) is 0 Å². The SMILES string of the molecule is NOc1ccc(Cl)cc1C(N)=O. The first-order valence-corrected chi connectivity index (χ1v) is 3.49. The number of primary amides is 1. The van der Waals surface area contributed by atoms with Crippen LogP contribution in [0, 0.1) is 0 Å². The Morgan fingerprint density at radius 1 is 1.50 bits per heavy atom. The lowest BCUT2D eigenvalue weighted by Crippen LogP contribution is -2.14. The Morgan fingerprint density at radius 2 is 2.17 bits per heavy atom. The van der Waals surface area contributed by atoms with Crippen LogP contribution in [-0.4, -0.2) is 5.91 Å². The fraction of sp³-hybridized carbons (Fsp3) is 0. The van der Waals surface area contributed by atoms with Gasteiger partial charge in [-0.25, -0.2) is 0 Å². The molecular weight excluding hydrogens is 180 g/mol. The Hall–Kier alpha value is -1.26. The summed E-state index contributed by atoms with van der Waals surface area (Å²) in [6, 6.07) is 4.42. The van der Waals surface area contributed by atoms with Crippen molar-refractivity contribution >= 4 is 17.5 Å². The van der Waals surface area contributed by atoms with Gasteiger partial charge in [-0.15, -0.1) is 0 Å². The molecule has 1 rings (SSSR count). The summed E-state index contributed by atoms with van der Waals surface area (Å²) in [5.74, 6) is 4.48. The third-order valence-corrected chi connectivity index (χ3v) is 1.57. The van der Waals surface area contributed by atoms with Gasteiger partial charge < -0.3 is 10.6 Å². The minimum atomic E-state index is -0.627. The summed E-state index contributed by atoms with van der Waals surface area (Å²) in [7, 11) is 0. The summed E-state index contributed by atoms with van der Waals surface area (Å²) < 4.78 is 0. The van der Waals surface area contributed by atoms with Gasteiger partial charge >= 0.3 is 0 Å². The first-order valence-electron chi connectivity index (χ1n) is 3.11. The summed E-state index contributed by atoms with van der Waals surface area (Å²) in [4.78, 5) is 15.2. The van der Waals surface area contributed by atoms with Crippen molar-refractivity contribution < 1.29 is 9.63 Å². The first-order chi connectivity index (χ1) is 5.65. The van der Waals surface area contributed by atoms with Crippen LogP contribution in [0.1, 0.15) is 10.4 Å². The summed E-state index contributed by atoms with van der Waals surface area (Å²) in [6.45, 7) is 0. The molecule has 0 aliphatic rings. The third kappa shape index (κ3) is 1.66. The van der Waals surface area contributed by atoms with Crippen molar-refractivity contribution in [3.05, 3.63) is 28.8 Å². The molecule has 0 radical (unpaired) electrons. The zero-order valence-electron chi connectivity index (χ0n) is 6.08. The summed E-state index contributed by atoms with van der Waals surface area (Å²) >= 11 is 5.61. The van der Waals surface area contributed by atoms with Gasteiger partial charge in [-0.2, -0.15) is 5.90 Å². The average Bonchev–Trinajstić information content (AvgIpc) is 2.04. The molecule has 0 saturated heterocycles. The van der Waals surface area contributed by atoms with Gasteiger partial charge in [-0.05, 0) is 18.2 Å². The molecule has 1 aromatic carbocycles. The summed E-state index contributed by atoms with van der Waals surface area (Å²) in [5.41, 5.74) is 5.20. The van der Waals surface area contributed by atoms with Gasteiger partial charge in [0.15, 0.2) is 5.75 Å². The Morgan fingerprint density at radius 3 is 2.67 bits per heavy atom. The Labute approximate surface area is 74.0 Å². The molecule has 0 aliphatic heterocycles. The molecule has 1 aromatic rings. The summed E-state index contributed by atoms with van der Waals surface area (Å²) in [6.07, 6.45) is 0. The zero-order chi connectivity index (χ0) is 9.14. The lowest BCUT2D eigenvalue weighted by Gasteiger charge is -2.03. The molecule has 0 aliphatic carbocycles. The lowest BCUT2D eigenvalue weighted by atomic mass is 10.2. The normalized spacial score (nSPS) is 9.50. The molecule has 0 aromatic heterocycles. The number of carbonyl (C=O) groups is 1. The predicted molar refractivity (Wildman–Crippen MR) is 44.8 cm³/mol. The molecule has 4 N–H and O–H groups in total.